The summed E-state index contributed by atoms with van der Waals surface area (Å²) in [6.45, 7) is 3.65. The van der Waals surface area contributed by atoms with Gasteiger partial charge in [0, 0.05) is 22.6 Å². The van der Waals surface area contributed by atoms with Crippen molar-refractivity contribution in [2.24, 2.45) is 0 Å². The second-order valence-corrected chi connectivity index (χ2v) is 7.32. The molecule has 1 amide bonds. The predicted molar refractivity (Wildman–Crippen MR) is 99.8 cm³/mol. The second kappa shape index (κ2) is 8.26. The molecule has 5 nitrogen and oxygen atoms in total. The summed E-state index contributed by atoms with van der Waals surface area (Å²) < 4.78 is 39.5. The standard InChI is InChI=1S/C16H16BrF3N4OS/c1-4-26-12-6-10(17)8(2)23-13(12)15(25)24-11-5-9(16(18,19)20)7-22-14(11)21-3/h5-7H,4H2,1-3H3,(H,21,22)(H,24,25). The molecule has 2 N–H and O–H groups in total. The van der Waals surface area contributed by atoms with Crippen LogP contribution in [0.2, 0.25) is 0 Å². The fourth-order valence-electron chi connectivity index (χ4n) is 2.09. The highest BCUT2D eigenvalue weighted by Gasteiger charge is 2.32. The molecule has 0 spiro atoms. The summed E-state index contributed by atoms with van der Waals surface area (Å²) in [4.78, 5) is 21.3. The first-order valence-corrected chi connectivity index (χ1v) is 9.31. The lowest BCUT2D eigenvalue weighted by atomic mass is 10.2. The first kappa shape index (κ1) is 20.5. The SMILES string of the molecule is CCSc1cc(Br)c(C)nc1C(=O)Nc1cc(C(F)(F)F)cnc1NC. The van der Waals surface area contributed by atoms with E-state index in [4.69, 9.17) is 0 Å². The highest BCUT2D eigenvalue weighted by atomic mass is 79.9. The molecule has 0 aliphatic heterocycles. The van der Waals surface area contributed by atoms with E-state index in [1.807, 2.05) is 6.92 Å². The molecule has 2 heterocycles. The largest absolute Gasteiger partial charge is 0.417 e. The number of aryl methyl sites for hydroxylation is 1. The van der Waals surface area contributed by atoms with E-state index in [9.17, 15) is 18.0 Å². The Morgan fingerprint density at radius 3 is 2.62 bits per heavy atom. The summed E-state index contributed by atoms with van der Waals surface area (Å²) in [7, 11) is 1.51. The third kappa shape index (κ3) is 4.67. The van der Waals surface area contributed by atoms with Gasteiger partial charge in [-0.3, -0.25) is 4.79 Å². The zero-order valence-electron chi connectivity index (χ0n) is 14.2. The maximum atomic E-state index is 12.9. The summed E-state index contributed by atoms with van der Waals surface area (Å²) in [6.07, 6.45) is -3.85. The highest BCUT2D eigenvalue weighted by Crippen LogP contribution is 2.33. The summed E-state index contributed by atoms with van der Waals surface area (Å²) >= 11 is 4.78. The average molecular weight is 449 g/mol. The lowest BCUT2D eigenvalue weighted by Crippen LogP contribution is -2.18. The topological polar surface area (TPSA) is 66.9 Å². The van der Waals surface area contributed by atoms with Crippen molar-refractivity contribution in [1.82, 2.24) is 9.97 Å². The molecule has 0 unspecified atom stereocenters. The maximum absolute atomic E-state index is 12.9. The third-order valence-electron chi connectivity index (χ3n) is 3.33. The zero-order valence-corrected chi connectivity index (χ0v) is 16.6. The molecule has 26 heavy (non-hydrogen) atoms. The van der Waals surface area contributed by atoms with E-state index in [1.165, 1.54) is 18.8 Å². The number of amides is 1. The normalized spacial score (nSPS) is 11.3. The Bertz CT molecular complexity index is 830. The quantitative estimate of drug-likeness (QED) is 0.631. The van der Waals surface area contributed by atoms with Gasteiger partial charge in [-0.15, -0.1) is 11.8 Å². The number of carbonyl (C=O) groups excluding carboxylic acids is 1. The van der Waals surface area contributed by atoms with Crippen molar-refractivity contribution in [2.45, 2.75) is 24.9 Å². The van der Waals surface area contributed by atoms with E-state index in [0.29, 0.717) is 22.5 Å². The third-order valence-corrected chi connectivity index (χ3v) is 5.04. The Morgan fingerprint density at radius 2 is 2.04 bits per heavy atom. The number of halogens is 4. The lowest BCUT2D eigenvalue weighted by Gasteiger charge is -2.14. The Kier molecular flexibility index (Phi) is 6.51. The van der Waals surface area contributed by atoms with Crippen molar-refractivity contribution in [3.05, 3.63) is 39.8 Å². The molecule has 0 aliphatic rings. The summed E-state index contributed by atoms with van der Waals surface area (Å²) in [6, 6.07) is 2.61. The highest BCUT2D eigenvalue weighted by molar-refractivity contribution is 9.10. The van der Waals surface area contributed by atoms with Gasteiger partial charge in [-0.25, -0.2) is 9.97 Å². The number of anilines is 2. The minimum absolute atomic E-state index is 0.0675. The molecule has 2 aromatic heterocycles. The van der Waals surface area contributed by atoms with E-state index in [-0.39, 0.29) is 17.2 Å². The number of carbonyl (C=O) groups is 1. The number of aromatic nitrogens is 2. The van der Waals surface area contributed by atoms with Crippen molar-refractivity contribution in [3.63, 3.8) is 0 Å². The molecule has 10 heteroatoms. The molecule has 2 rings (SSSR count). The van der Waals surface area contributed by atoms with Crippen LogP contribution in [-0.4, -0.2) is 28.7 Å². The number of nitrogens with one attached hydrogen (secondary N) is 2. The Balaban J connectivity index is 2.43. The van der Waals surface area contributed by atoms with Crippen molar-refractivity contribution >= 4 is 45.1 Å². The van der Waals surface area contributed by atoms with E-state index >= 15 is 0 Å². The molecule has 140 valence electrons. The van der Waals surface area contributed by atoms with E-state index in [0.717, 1.165) is 10.5 Å². The van der Waals surface area contributed by atoms with Crippen LogP contribution in [0.4, 0.5) is 24.7 Å². The summed E-state index contributed by atoms with van der Waals surface area (Å²) in [5, 5.41) is 5.15. The number of thioether (sulfide) groups is 1. The van der Waals surface area contributed by atoms with E-state index in [1.54, 1.807) is 13.0 Å². The van der Waals surface area contributed by atoms with Crippen LogP contribution >= 0.6 is 27.7 Å². The number of pyridine rings is 2. The van der Waals surface area contributed by atoms with Crippen LogP contribution in [0.25, 0.3) is 0 Å². The van der Waals surface area contributed by atoms with Gasteiger partial charge >= 0.3 is 6.18 Å². The summed E-state index contributed by atoms with van der Waals surface area (Å²) in [5.41, 5.74) is -0.263. The summed E-state index contributed by atoms with van der Waals surface area (Å²) in [5.74, 6) is 0.240. The van der Waals surface area contributed by atoms with Gasteiger partial charge in [0.15, 0.2) is 0 Å². The van der Waals surface area contributed by atoms with Crippen molar-refractivity contribution in [1.29, 1.82) is 0 Å². The van der Waals surface area contributed by atoms with Gasteiger partial charge in [-0.2, -0.15) is 13.2 Å². The first-order valence-electron chi connectivity index (χ1n) is 7.53. The van der Waals surface area contributed by atoms with Crippen molar-refractivity contribution in [3.8, 4) is 0 Å². The number of nitrogens with zero attached hydrogens (tertiary/aromatic N) is 2. The zero-order chi connectivity index (χ0) is 19.5. The molecular formula is C16H16BrF3N4OS. The monoisotopic (exact) mass is 448 g/mol. The van der Waals surface area contributed by atoms with Gasteiger partial charge in [0.2, 0.25) is 0 Å². The van der Waals surface area contributed by atoms with E-state index in [2.05, 4.69) is 36.5 Å². The van der Waals surface area contributed by atoms with Crippen LogP contribution in [0.3, 0.4) is 0 Å². The Hall–Kier alpha value is -1.81. The van der Waals surface area contributed by atoms with Crippen LogP contribution < -0.4 is 10.6 Å². The minimum Gasteiger partial charge on any atom is -0.371 e. The minimum atomic E-state index is -4.56. The molecule has 0 atom stereocenters. The number of rotatable bonds is 5. The van der Waals surface area contributed by atoms with Crippen LogP contribution in [0, 0.1) is 6.92 Å². The number of hydrogen-bond acceptors (Lipinski definition) is 5. The van der Waals surface area contributed by atoms with E-state index < -0.39 is 17.6 Å². The lowest BCUT2D eigenvalue weighted by molar-refractivity contribution is -0.137. The van der Waals surface area contributed by atoms with Crippen molar-refractivity contribution < 1.29 is 18.0 Å². The molecule has 2 aromatic rings. The Labute approximate surface area is 161 Å². The van der Waals surface area contributed by atoms with Crippen LogP contribution in [-0.2, 0) is 6.18 Å². The molecule has 0 fully saturated rings. The fourth-order valence-corrected chi connectivity index (χ4v) is 3.34. The molecule has 0 radical (unpaired) electrons. The molecule has 0 bridgehead atoms. The molecule has 0 aliphatic carbocycles. The second-order valence-electron chi connectivity index (χ2n) is 5.16. The number of hydrogen-bond donors (Lipinski definition) is 2. The average Bonchev–Trinajstić information content (AvgIpc) is 2.57. The number of alkyl halides is 3. The maximum Gasteiger partial charge on any atom is 0.417 e. The first-order chi connectivity index (χ1) is 12.2. The van der Waals surface area contributed by atoms with Gasteiger partial charge in [0.05, 0.1) is 16.9 Å². The smallest absolute Gasteiger partial charge is 0.371 e. The molecule has 0 saturated heterocycles. The Morgan fingerprint density at radius 1 is 1.35 bits per heavy atom. The molecule has 0 saturated carbocycles. The van der Waals surface area contributed by atoms with Crippen LogP contribution in [0.1, 0.15) is 28.7 Å². The van der Waals surface area contributed by atoms with Crippen LogP contribution in [0.5, 0.6) is 0 Å². The predicted octanol–water partition coefficient (Wildman–Crippen LogP) is 4.97. The molecule has 0 aromatic carbocycles. The molecular weight excluding hydrogens is 433 g/mol. The van der Waals surface area contributed by atoms with Crippen LogP contribution in [0.15, 0.2) is 27.7 Å². The van der Waals surface area contributed by atoms with Gasteiger partial charge < -0.3 is 10.6 Å². The van der Waals surface area contributed by atoms with Gasteiger partial charge in [-0.1, -0.05) is 6.92 Å². The van der Waals surface area contributed by atoms with Gasteiger partial charge in [-0.05, 0) is 40.7 Å². The van der Waals surface area contributed by atoms with Crippen molar-refractivity contribution in [2.75, 3.05) is 23.4 Å². The van der Waals surface area contributed by atoms with Gasteiger partial charge in [0.25, 0.3) is 5.91 Å². The van der Waals surface area contributed by atoms with Gasteiger partial charge in [0.1, 0.15) is 11.5 Å². The fraction of sp³-hybridized carbons (Fsp3) is 0.312.